The van der Waals surface area contributed by atoms with Crippen LogP contribution in [-0.2, 0) is 4.74 Å². The molecule has 0 aromatic heterocycles. The number of ether oxygens (including phenoxy) is 2. The molecule has 1 fully saturated rings. The van der Waals surface area contributed by atoms with Crippen LogP contribution in [0.15, 0.2) is 41.0 Å². The molecule has 1 aromatic carbocycles. The first-order valence-electron chi connectivity index (χ1n) is 12.5. The van der Waals surface area contributed by atoms with Crippen molar-refractivity contribution >= 4 is 34.6 Å². The summed E-state index contributed by atoms with van der Waals surface area (Å²) in [6.45, 7) is 6.43. The van der Waals surface area contributed by atoms with E-state index in [4.69, 9.17) is 21.1 Å². The van der Waals surface area contributed by atoms with Crippen molar-refractivity contribution in [3.05, 3.63) is 41.6 Å². The van der Waals surface area contributed by atoms with Gasteiger partial charge in [-0.05, 0) is 57.6 Å². The van der Waals surface area contributed by atoms with Crippen LogP contribution in [0.4, 0.5) is 18.0 Å². The molecule has 38 heavy (non-hydrogen) atoms. The van der Waals surface area contributed by atoms with Gasteiger partial charge in [0, 0.05) is 37.0 Å². The van der Waals surface area contributed by atoms with Gasteiger partial charge in [-0.15, -0.1) is 11.6 Å². The molecule has 1 amide bonds. The molecule has 0 radical (unpaired) electrons. The molecule has 0 saturated carbocycles. The average molecular weight is 577 g/mol. The average Bonchev–Trinajstić information content (AvgIpc) is 2.82. The number of allylic oxidation sites excluding steroid dienone is 2. The summed E-state index contributed by atoms with van der Waals surface area (Å²) in [5.41, 5.74) is 5.72. The first-order valence-corrected chi connectivity index (χ1v) is 14.2. The molecule has 1 aliphatic carbocycles. The van der Waals surface area contributed by atoms with Gasteiger partial charge in [-0.2, -0.15) is 13.2 Å². The third kappa shape index (κ3) is 8.44. The van der Waals surface area contributed by atoms with Crippen molar-refractivity contribution in [3.8, 4) is 5.75 Å². The number of amidine groups is 1. The molecule has 0 bridgehead atoms. The number of halogens is 4. The molecule has 7 nitrogen and oxygen atoms in total. The van der Waals surface area contributed by atoms with Gasteiger partial charge in [0.15, 0.2) is 5.17 Å². The number of thioether (sulfide) groups is 1. The topological polar surface area (TPSA) is 75.2 Å². The van der Waals surface area contributed by atoms with Crippen LogP contribution in [0.1, 0.15) is 51.5 Å². The Bertz CT molecular complexity index is 1010. The van der Waals surface area contributed by atoms with E-state index >= 15 is 0 Å². The number of benzene rings is 1. The summed E-state index contributed by atoms with van der Waals surface area (Å²) >= 11 is 7.85. The third-order valence-corrected chi connectivity index (χ3v) is 7.20. The fraction of sp³-hybridized carbons (Fsp3) is 0.615. The summed E-state index contributed by atoms with van der Waals surface area (Å²) in [6.07, 6.45) is -0.418. The lowest BCUT2D eigenvalue weighted by molar-refractivity contribution is -0.168. The van der Waals surface area contributed by atoms with Crippen LogP contribution in [0.5, 0.6) is 5.75 Å². The zero-order valence-corrected chi connectivity index (χ0v) is 23.8. The van der Waals surface area contributed by atoms with Crippen molar-refractivity contribution < 1.29 is 27.4 Å². The maximum Gasteiger partial charge on any atom is 0.410 e. The van der Waals surface area contributed by atoms with Gasteiger partial charge < -0.3 is 19.8 Å². The minimum atomic E-state index is -4.49. The van der Waals surface area contributed by atoms with Gasteiger partial charge in [0.2, 0.25) is 0 Å². The molecule has 1 heterocycles. The quantitative estimate of drug-likeness (QED) is 0.192. The van der Waals surface area contributed by atoms with E-state index in [0.717, 1.165) is 12.8 Å². The Morgan fingerprint density at radius 1 is 1.21 bits per heavy atom. The molecule has 1 aliphatic heterocycles. The lowest BCUT2D eigenvalue weighted by Gasteiger charge is -2.35. The van der Waals surface area contributed by atoms with Crippen molar-refractivity contribution in [2.75, 3.05) is 26.4 Å². The van der Waals surface area contributed by atoms with Gasteiger partial charge in [0.25, 0.3) is 0 Å². The monoisotopic (exact) mass is 576 g/mol. The summed E-state index contributed by atoms with van der Waals surface area (Å²) in [4.78, 5) is 18.4. The minimum absolute atomic E-state index is 0.203. The first kappa shape index (κ1) is 30.4. The van der Waals surface area contributed by atoms with Crippen LogP contribution in [0.2, 0.25) is 0 Å². The Kier molecular flexibility index (Phi) is 10.3. The van der Waals surface area contributed by atoms with Crippen molar-refractivity contribution in [1.29, 1.82) is 0 Å². The van der Waals surface area contributed by atoms with Crippen molar-refractivity contribution in [1.82, 2.24) is 15.8 Å². The Hall–Kier alpha value is -2.11. The Labute approximate surface area is 231 Å². The van der Waals surface area contributed by atoms with E-state index in [1.165, 1.54) is 17.8 Å². The maximum atomic E-state index is 14.1. The maximum absolute atomic E-state index is 14.1. The number of aliphatic imine (C=N–C) groups is 1. The van der Waals surface area contributed by atoms with Crippen molar-refractivity contribution in [2.45, 2.75) is 69.2 Å². The number of amides is 1. The number of hydrogen-bond donors (Lipinski definition) is 2. The van der Waals surface area contributed by atoms with E-state index in [0.29, 0.717) is 35.3 Å². The lowest BCUT2D eigenvalue weighted by atomic mass is 9.77. The van der Waals surface area contributed by atoms with Crippen molar-refractivity contribution in [3.63, 3.8) is 0 Å². The molecule has 2 aliphatic rings. The molecule has 1 aromatic rings. The largest absolute Gasteiger partial charge is 0.489 e. The van der Waals surface area contributed by atoms with Crippen molar-refractivity contribution in [2.24, 2.45) is 10.9 Å². The first-order chi connectivity index (χ1) is 17.8. The zero-order valence-electron chi connectivity index (χ0n) is 22.3. The number of nitrogens with zero attached hydrogens (tertiary/aromatic N) is 2. The van der Waals surface area contributed by atoms with Gasteiger partial charge in [-0.25, -0.2) is 15.2 Å². The molecule has 12 heteroatoms. The molecule has 4 unspecified atom stereocenters. The van der Waals surface area contributed by atoms with Gasteiger partial charge in [0.1, 0.15) is 17.5 Å². The number of alkyl halides is 4. The Morgan fingerprint density at radius 3 is 2.47 bits per heavy atom. The molecule has 212 valence electrons. The van der Waals surface area contributed by atoms with E-state index in [-0.39, 0.29) is 18.6 Å². The molecular weight excluding hydrogens is 541 g/mol. The lowest BCUT2D eigenvalue weighted by Crippen LogP contribution is -2.46. The predicted octanol–water partition coefficient (Wildman–Crippen LogP) is 6.07. The Morgan fingerprint density at radius 2 is 1.89 bits per heavy atom. The van der Waals surface area contributed by atoms with E-state index in [9.17, 15) is 18.0 Å². The highest BCUT2D eigenvalue weighted by molar-refractivity contribution is 8.13. The molecule has 3 rings (SSSR count). The predicted molar refractivity (Wildman–Crippen MR) is 146 cm³/mol. The number of likely N-dealkylation sites (tertiary alicyclic amines) is 1. The molecule has 0 spiro atoms. The third-order valence-electron chi connectivity index (χ3n) is 6.20. The summed E-state index contributed by atoms with van der Waals surface area (Å²) in [7, 11) is 1.65. The molecule has 2 N–H and O–H groups in total. The highest BCUT2D eigenvalue weighted by Gasteiger charge is 2.48. The van der Waals surface area contributed by atoms with Gasteiger partial charge in [-0.3, -0.25) is 0 Å². The van der Waals surface area contributed by atoms with Gasteiger partial charge in [-0.1, -0.05) is 30.0 Å². The number of carbonyl (C=O) groups excluding carboxylic acids is 1. The van der Waals surface area contributed by atoms with Crippen LogP contribution in [0, 0.1) is 5.92 Å². The number of carbonyl (C=O) groups is 1. The van der Waals surface area contributed by atoms with Gasteiger partial charge in [0.05, 0.1) is 12.5 Å². The van der Waals surface area contributed by atoms with E-state index < -0.39 is 29.0 Å². The summed E-state index contributed by atoms with van der Waals surface area (Å²) in [5, 5.41) is -0.341. The van der Waals surface area contributed by atoms with E-state index in [1.54, 1.807) is 42.5 Å². The second kappa shape index (κ2) is 12.8. The molecule has 1 saturated heterocycles. The summed E-state index contributed by atoms with van der Waals surface area (Å²) < 4.78 is 53.9. The number of rotatable bonds is 5. The smallest absolute Gasteiger partial charge is 0.410 e. The fourth-order valence-electron chi connectivity index (χ4n) is 4.58. The summed E-state index contributed by atoms with van der Waals surface area (Å²) in [5.74, 6) is -2.21. The second-order valence-corrected chi connectivity index (χ2v) is 11.7. The number of nitrogens with one attached hydrogen (secondary N) is 2. The summed E-state index contributed by atoms with van der Waals surface area (Å²) in [6, 6.07) is 6.61. The highest BCUT2D eigenvalue weighted by atomic mass is 35.5. The molecule has 4 atom stereocenters. The van der Waals surface area contributed by atoms with Crippen LogP contribution < -0.4 is 15.6 Å². The zero-order chi connectivity index (χ0) is 28.1. The normalized spacial score (nSPS) is 25.0. The highest BCUT2D eigenvalue weighted by Crippen LogP contribution is 2.47. The van der Waals surface area contributed by atoms with Crippen LogP contribution in [0.25, 0.3) is 0 Å². The minimum Gasteiger partial charge on any atom is -0.489 e. The fourth-order valence-corrected chi connectivity index (χ4v) is 5.45. The van der Waals surface area contributed by atoms with Crippen LogP contribution in [0.3, 0.4) is 0 Å². The number of hydrogen-bond acceptors (Lipinski definition) is 6. The molecular formula is C26H36ClF3N4O3S. The van der Waals surface area contributed by atoms with E-state index in [2.05, 4.69) is 15.8 Å². The second-order valence-electron chi connectivity index (χ2n) is 10.3. The standard InChI is InChI=1S/C26H36ClF3N4O3S/c1-25(2,3)37-24(35)34-12-6-7-19(15-34)36-18-10-8-16(9-11-18)22-20(26(28,29)30)13-17(14-21(22)27)32-23(38-5)33-31-4/h8-11,13,19-22,31H,6-7,12,14-15H2,1-5H3,(H,32,33). The van der Waals surface area contributed by atoms with E-state index in [1.807, 2.05) is 20.8 Å². The Balaban J connectivity index is 1.73. The van der Waals surface area contributed by atoms with Gasteiger partial charge >= 0.3 is 12.3 Å². The number of piperidine rings is 1. The number of hydrazine groups is 1. The van der Waals surface area contributed by atoms with Crippen LogP contribution in [-0.4, -0.2) is 65.8 Å². The van der Waals surface area contributed by atoms with Crippen LogP contribution >= 0.6 is 23.4 Å². The SMILES string of the molecule is CNNC(=NC1=CC(C(F)(F)F)C(c2ccc(OC3CCCN(C(=O)OC(C)(C)C)C3)cc2)C(Cl)C1)SC.